The number of imidazole rings is 1. The van der Waals surface area contributed by atoms with Crippen LogP contribution >= 0.6 is 11.3 Å². The van der Waals surface area contributed by atoms with Gasteiger partial charge in [0.15, 0.2) is 11.5 Å². The molecule has 0 saturated carbocycles. The zero-order chi connectivity index (χ0) is 14.1. The Morgan fingerprint density at radius 3 is 3.00 bits per heavy atom. The second kappa shape index (κ2) is 4.97. The molecule has 102 valence electrons. The van der Waals surface area contributed by atoms with Crippen LogP contribution in [-0.4, -0.2) is 20.5 Å². The molecule has 0 aromatic carbocycles. The predicted octanol–water partition coefficient (Wildman–Crippen LogP) is 3.01. The lowest BCUT2D eigenvalue weighted by atomic mass is 10.3. The number of nitrogens with zero attached hydrogens (tertiary/aromatic N) is 2. The Balaban J connectivity index is 1.96. The monoisotopic (exact) mass is 287 g/mol. The standard InChI is InChI=1S/C14H13N3O2S/c1-9-5-7-20-10(9)8-15-13-12(14(18)19)17-6-3-2-4-11(17)16-13/h2-7,15H,8H2,1H3,(H,18,19). The maximum Gasteiger partial charge on any atom is 0.356 e. The largest absolute Gasteiger partial charge is 0.476 e. The van der Waals surface area contributed by atoms with Gasteiger partial charge < -0.3 is 10.4 Å². The van der Waals surface area contributed by atoms with Gasteiger partial charge in [0.2, 0.25) is 0 Å². The van der Waals surface area contributed by atoms with Crippen molar-refractivity contribution in [3.63, 3.8) is 0 Å². The molecule has 0 atom stereocenters. The first-order valence-corrected chi connectivity index (χ1v) is 7.02. The number of pyridine rings is 1. The van der Waals surface area contributed by atoms with E-state index in [0.717, 1.165) is 0 Å². The molecule has 0 amide bonds. The van der Waals surface area contributed by atoms with Crippen molar-refractivity contribution in [3.8, 4) is 0 Å². The van der Waals surface area contributed by atoms with Crippen LogP contribution in [0.5, 0.6) is 0 Å². The van der Waals surface area contributed by atoms with Crippen LogP contribution in [0.3, 0.4) is 0 Å². The van der Waals surface area contributed by atoms with Gasteiger partial charge in [-0.25, -0.2) is 9.78 Å². The maximum absolute atomic E-state index is 11.4. The molecule has 20 heavy (non-hydrogen) atoms. The molecule has 0 fully saturated rings. The highest BCUT2D eigenvalue weighted by Crippen LogP contribution is 2.21. The smallest absolute Gasteiger partial charge is 0.356 e. The lowest BCUT2D eigenvalue weighted by Gasteiger charge is -2.04. The third-order valence-electron chi connectivity index (χ3n) is 3.12. The third-order valence-corrected chi connectivity index (χ3v) is 4.14. The molecule has 0 aliphatic carbocycles. The summed E-state index contributed by atoms with van der Waals surface area (Å²) in [6.45, 7) is 2.61. The highest BCUT2D eigenvalue weighted by Gasteiger charge is 2.18. The Morgan fingerprint density at radius 1 is 1.45 bits per heavy atom. The summed E-state index contributed by atoms with van der Waals surface area (Å²) in [5.74, 6) is -0.592. The number of aromatic nitrogens is 2. The first-order valence-electron chi connectivity index (χ1n) is 6.14. The van der Waals surface area contributed by atoms with Crippen LogP contribution in [0, 0.1) is 6.92 Å². The molecule has 0 bridgehead atoms. The Bertz CT molecular complexity index is 776. The maximum atomic E-state index is 11.4. The van der Waals surface area contributed by atoms with Crippen molar-refractivity contribution in [1.82, 2.24) is 9.38 Å². The summed E-state index contributed by atoms with van der Waals surface area (Å²) in [7, 11) is 0. The van der Waals surface area contributed by atoms with E-state index >= 15 is 0 Å². The Labute approximate surface area is 119 Å². The van der Waals surface area contributed by atoms with Crippen LogP contribution in [0.15, 0.2) is 35.8 Å². The van der Waals surface area contributed by atoms with Gasteiger partial charge in [-0.15, -0.1) is 11.3 Å². The van der Waals surface area contributed by atoms with E-state index < -0.39 is 5.97 Å². The fourth-order valence-corrected chi connectivity index (χ4v) is 2.92. The highest BCUT2D eigenvalue weighted by molar-refractivity contribution is 7.10. The summed E-state index contributed by atoms with van der Waals surface area (Å²) in [6.07, 6.45) is 1.70. The van der Waals surface area contributed by atoms with E-state index in [1.165, 1.54) is 10.4 Å². The van der Waals surface area contributed by atoms with Crippen molar-refractivity contribution in [2.45, 2.75) is 13.5 Å². The molecule has 0 aliphatic rings. The molecular formula is C14H13N3O2S. The van der Waals surface area contributed by atoms with E-state index in [0.29, 0.717) is 18.0 Å². The number of carbonyl (C=O) groups is 1. The average Bonchev–Trinajstić information content (AvgIpc) is 2.99. The Hall–Kier alpha value is -2.34. The molecule has 3 rings (SSSR count). The molecule has 3 aromatic heterocycles. The van der Waals surface area contributed by atoms with E-state index in [1.54, 1.807) is 34.1 Å². The van der Waals surface area contributed by atoms with E-state index in [4.69, 9.17) is 0 Å². The number of nitrogens with one attached hydrogen (secondary N) is 1. The Morgan fingerprint density at radius 2 is 2.30 bits per heavy atom. The summed E-state index contributed by atoms with van der Waals surface area (Å²) in [6, 6.07) is 7.45. The third kappa shape index (κ3) is 2.14. The van der Waals surface area contributed by atoms with Crippen molar-refractivity contribution in [1.29, 1.82) is 0 Å². The van der Waals surface area contributed by atoms with Gasteiger partial charge in [-0.05, 0) is 36.1 Å². The average molecular weight is 287 g/mol. The molecule has 5 nitrogen and oxygen atoms in total. The number of thiophene rings is 1. The molecule has 0 unspecified atom stereocenters. The minimum absolute atomic E-state index is 0.162. The van der Waals surface area contributed by atoms with E-state index in [1.807, 2.05) is 24.4 Å². The van der Waals surface area contributed by atoms with Crippen LogP contribution in [0.4, 0.5) is 5.82 Å². The van der Waals surface area contributed by atoms with Crippen LogP contribution in [0.2, 0.25) is 0 Å². The number of hydrogen-bond donors (Lipinski definition) is 2. The molecule has 6 heteroatoms. The second-order valence-electron chi connectivity index (χ2n) is 4.42. The summed E-state index contributed by atoms with van der Waals surface area (Å²) in [5, 5.41) is 14.5. The fourth-order valence-electron chi connectivity index (χ4n) is 2.07. The summed E-state index contributed by atoms with van der Waals surface area (Å²) in [5.41, 5.74) is 1.98. The zero-order valence-corrected chi connectivity index (χ0v) is 11.6. The van der Waals surface area contributed by atoms with E-state index in [9.17, 15) is 9.90 Å². The van der Waals surface area contributed by atoms with E-state index in [2.05, 4.69) is 10.3 Å². The summed E-state index contributed by atoms with van der Waals surface area (Å²) >= 11 is 1.65. The van der Waals surface area contributed by atoms with Gasteiger partial charge in [0.25, 0.3) is 0 Å². The molecule has 0 saturated heterocycles. The number of rotatable bonds is 4. The van der Waals surface area contributed by atoms with Crippen molar-refractivity contribution < 1.29 is 9.90 Å². The highest BCUT2D eigenvalue weighted by atomic mass is 32.1. The van der Waals surface area contributed by atoms with Crippen LogP contribution in [0.25, 0.3) is 5.65 Å². The molecule has 0 radical (unpaired) electrons. The number of carboxylic acids is 1. The van der Waals surface area contributed by atoms with Gasteiger partial charge in [0.05, 0.1) is 6.54 Å². The summed E-state index contributed by atoms with van der Waals surface area (Å²) < 4.78 is 1.58. The molecule has 2 N–H and O–H groups in total. The number of aromatic carboxylic acids is 1. The normalized spacial score (nSPS) is 10.8. The second-order valence-corrected chi connectivity index (χ2v) is 5.42. The van der Waals surface area contributed by atoms with Gasteiger partial charge in [-0.2, -0.15) is 0 Å². The lowest BCUT2D eigenvalue weighted by molar-refractivity contribution is 0.0690. The van der Waals surface area contributed by atoms with Crippen LogP contribution in [-0.2, 0) is 6.54 Å². The fraction of sp³-hybridized carbons (Fsp3) is 0.143. The number of anilines is 1. The van der Waals surface area contributed by atoms with Gasteiger partial charge >= 0.3 is 5.97 Å². The number of aryl methyl sites for hydroxylation is 1. The zero-order valence-electron chi connectivity index (χ0n) is 10.8. The van der Waals surface area contributed by atoms with Crippen LogP contribution in [0.1, 0.15) is 20.9 Å². The first kappa shape index (κ1) is 12.7. The van der Waals surface area contributed by atoms with Crippen molar-refractivity contribution >= 4 is 28.8 Å². The first-order chi connectivity index (χ1) is 9.66. The Kier molecular flexibility index (Phi) is 3.15. The van der Waals surface area contributed by atoms with Crippen LogP contribution < -0.4 is 5.32 Å². The van der Waals surface area contributed by atoms with Gasteiger partial charge in [0, 0.05) is 11.1 Å². The molecule has 0 aliphatic heterocycles. The van der Waals surface area contributed by atoms with Crippen molar-refractivity contribution in [2.24, 2.45) is 0 Å². The predicted molar refractivity (Wildman–Crippen MR) is 78.5 cm³/mol. The van der Waals surface area contributed by atoms with Crippen molar-refractivity contribution in [2.75, 3.05) is 5.32 Å². The molecule has 3 aromatic rings. The molecule has 3 heterocycles. The quantitative estimate of drug-likeness (QED) is 0.774. The molecular weight excluding hydrogens is 274 g/mol. The number of carboxylic acid groups (broad SMARTS) is 1. The minimum Gasteiger partial charge on any atom is -0.476 e. The van der Waals surface area contributed by atoms with Crippen molar-refractivity contribution in [3.05, 3.63) is 52.0 Å². The van der Waals surface area contributed by atoms with Gasteiger partial charge in [-0.1, -0.05) is 6.07 Å². The van der Waals surface area contributed by atoms with E-state index in [-0.39, 0.29) is 5.69 Å². The topological polar surface area (TPSA) is 66.6 Å². The minimum atomic E-state index is -0.992. The molecule has 0 spiro atoms. The number of hydrogen-bond acceptors (Lipinski definition) is 4. The van der Waals surface area contributed by atoms with Gasteiger partial charge in [0.1, 0.15) is 5.65 Å². The number of fused-ring (bicyclic) bond motifs is 1. The summed E-state index contributed by atoms with van der Waals surface area (Å²) in [4.78, 5) is 16.9. The lowest BCUT2D eigenvalue weighted by Crippen LogP contribution is -2.07. The SMILES string of the molecule is Cc1ccsc1CNc1nc2ccccn2c1C(=O)O. The van der Waals surface area contributed by atoms with Gasteiger partial charge in [-0.3, -0.25) is 4.40 Å².